The maximum absolute atomic E-state index is 12.8. The molecule has 5 nitrogen and oxygen atoms in total. The lowest BCUT2D eigenvalue weighted by Gasteiger charge is -2.10. The number of carbonyl (C=O) groups is 1. The Morgan fingerprint density at radius 3 is 2.29 bits per heavy atom. The minimum absolute atomic E-state index is 0.0393. The van der Waals surface area contributed by atoms with Crippen LogP contribution in [-0.4, -0.2) is 19.5 Å². The van der Waals surface area contributed by atoms with Crippen molar-refractivity contribution in [3.63, 3.8) is 0 Å². The van der Waals surface area contributed by atoms with E-state index >= 15 is 0 Å². The molecular formula is C13H9BrFNO4S. The first-order valence-electron chi connectivity index (χ1n) is 5.61. The quantitative estimate of drug-likeness (QED) is 0.862. The largest absolute Gasteiger partial charge is 0.478 e. The van der Waals surface area contributed by atoms with Crippen molar-refractivity contribution in [1.82, 2.24) is 0 Å². The first-order chi connectivity index (χ1) is 9.79. The molecule has 0 aromatic heterocycles. The number of aromatic carboxylic acids is 1. The summed E-state index contributed by atoms with van der Waals surface area (Å²) < 4.78 is 39.6. The lowest BCUT2D eigenvalue weighted by atomic mass is 10.2. The van der Waals surface area contributed by atoms with Crippen LogP contribution in [0.2, 0.25) is 0 Å². The molecule has 2 rings (SSSR count). The van der Waals surface area contributed by atoms with Crippen molar-refractivity contribution in [2.75, 3.05) is 4.72 Å². The van der Waals surface area contributed by atoms with Crippen LogP contribution in [0.15, 0.2) is 51.8 Å². The highest BCUT2D eigenvalue weighted by Gasteiger charge is 2.19. The molecule has 110 valence electrons. The number of rotatable bonds is 4. The van der Waals surface area contributed by atoms with Crippen LogP contribution in [0.25, 0.3) is 0 Å². The van der Waals surface area contributed by atoms with Gasteiger partial charge in [0.25, 0.3) is 10.0 Å². The second-order valence-electron chi connectivity index (χ2n) is 4.06. The molecule has 0 heterocycles. The molecule has 21 heavy (non-hydrogen) atoms. The smallest absolute Gasteiger partial charge is 0.335 e. The van der Waals surface area contributed by atoms with Gasteiger partial charge in [-0.2, -0.15) is 0 Å². The van der Waals surface area contributed by atoms with E-state index in [1.807, 2.05) is 0 Å². The summed E-state index contributed by atoms with van der Waals surface area (Å²) >= 11 is 3.03. The number of sulfonamides is 1. The lowest BCUT2D eigenvalue weighted by molar-refractivity contribution is 0.0696. The highest BCUT2D eigenvalue weighted by atomic mass is 79.9. The van der Waals surface area contributed by atoms with Gasteiger partial charge in [0.2, 0.25) is 0 Å². The first kappa shape index (κ1) is 15.5. The summed E-state index contributed by atoms with van der Waals surface area (Å²) in [5, 5.41) is 8.84. The number of hydrogen-bond acceptors (Lipinski definition) is 3. The Hall–Kier alpha value is -1.93. The van der Waals surface area contributed by atoms with Gasteiger partial charge in [0.15, 0.2) is 0 Å². The topological polar surface area (TPSA) is 83.5 Å². The number of hydrogen-bond donors (Lipinski definition) is 2. The molecule has 0 aliphatic rings. The van der Waals surface area contributed by atoms with Gasteiger partial charge in [-0.15, -0.1) is 0 Å². The predicted molar refractivity (Wildman–Crippen MR) is 78.3 cm³/mol. The van der Waals surface area contributed by atoms with E-state index in [0.717, 1.165) is 12.1 Å². The molecule has 0 aliphatic carbocycles. The number of halogens is 2. The molecular weight excluding hydrogens is 365 g/mol. The molecule has 0 aliphatic heterocycles. The van der Waals surface area contributed by atoms with Gasteiger partial charge < -0.3 is 5.11 Å². The predicted octanol–water partition coefficient (Wildman–Crippen LogP) is 3.09. The standard InChI is InChI=1S/C13H9BrFNO4S/c14-11-7-8(13(17)18)1-6-12(11)21(19,20)16-10-4-2-9(15)3-5-10/h1-7,16H,(H,17,18). The van der Waals surface area contributed by atoms with Crippen molar-refractivity contribution in [3.8, 4) is 0 Å². The van der Waals surface area contributed by atoms with E-state index in [2.05, 4.69) is 20.7 Å². The summed E-state index contributed by atoms with van der Waals surface area (Å²) in [7, 11) is -3.91. The van der Waals surface area contributed by atoms with Crippen LogP contribution < -0.4 is 4.72 Å². The van der Waals surface area contributed by atoms with Gasteiger partial charge in [-0.3, -0.25) is 4.72 Å². The van der Waals surface area contributed by atoms with E-state index in [1.54, 1.807) is 0 Å². The van der Waals surface area contributed by atoms with E-state index in [1.165, 1.54) is 30.3 Å². The summed E-state index contributed by atoms with van der Waals surface area (Å²) in [5.74, 6) is -1.64. The van der Waals surface area contributed by atoms with Gasteiger partial charge in [0.1, 0.15) is 10.7 Å². The average molecular weight is 374 g/mol. The Morgan fingerprint density at radius 1 is 1.14 bits per heavy atom. The molecule has 0 saturated heterocycles. The van der Waals surface area contributed by atoms with Gasteiger partial charge in [-0.25, -0.2) is 17.6 Å². The van der Waals surface area contributed by atoms with Crippen molar-refractivity contribution < 1.29 is 22.7 Å². The maximum Gasteiger partial charge on any atom is 0.335 e. The summed E-state index contributed by atoms with van der Waals surface area (Å²) in [6, 6.07) is 8.38. The molecule has 0 fully saturated rings. The Morgan fingerprint density at radius 2 is 1.76 bits per heavy atom. The summed E-state index contributed by atoms with van der Waals surface area (Å²) in [4.78, 5) is 10.7. The zero-order valence-corrected chi connectivity index (χ0v) is 12.8. The lowest BCUT2D eigenvalue weighted by Crippen LogP contribution is -2.14. The highest BCUT2D eigenvalue weighted by molar-refractivity contribution is 9.10. The Balaban J connectivity index is 2.35. The van der Waals surface area contributed by atoms with Crippen LogP contribution in [0.5, 0.6) is 0 Å². The number of carboxylic acid groups (broad SMARTS) is 1. The third-order valence-corrected chi connectivity index (χ3v) is 4.92. The summed E-state index contributed by atoms with van der Waals surface area (Å²) in [5.41, 5.74) is 0.160. The maximum atomic E-state index is 12.8. The van der Waals surface area contributed by atoms with Gasteiger partial charge in [0.05, 0.1) is 5.56 Å². The molecule has 0 unspecified atom stereocenters. The van der Waals surface area contributed by atoms with Gasteiger partial charge >= 0.3 is 5.97 Å². The van der Waals surface area contributed by atoms with Crippen molar-refractivity contribution in [2.24, 2.45) is 0 Å². The fourth-order valence-electron chi connectivity index (χ4n) is 1.58. The second-order valence-corrected chi connectivity index (χ2v) is 6.57. The monoisotopic (exact) mass is 373 g/mol. The van der Waals surface area contributed by atoms with Crippen LogP contribution in [0.4, 0.5) is 10.1 Å². The SMILES string of the molecule is O=C(O)c1ccc(S(=O)(=O)Nc2ccc(F)cc2)c(Br)c1. The summed E-state index contributed by atoms with van der Waals surface area (Å²) in [6.45, 7) is 0. The number of carboxylic acids is 1. The fraction of sp³-hybridized carbons (Fsp3) is 0. The number of nitrogens with one attached hydrogen (secondary N) is 1. The Labute approximate surface area is 128 Å². The molecule has 2 aromatic carbocycles. The van der Waals surface area contributed by atoms with Gasteiger partial charge in [-0.1, -0.05) is 0 Å². The molecule has 2 aromatic rings. The van der Waals surface area contributed by atoms with Crippen LogP contribution in [0, 0.1) is 5.82 Å². The van der Waals surface area contributed by atoms with Crippen LogP contribution in [-0.2, 0) is 10.0 Å². The molecule has 0 atom stereocenters. The van der Waals surface area contributed by atoms with Crippen molar-refractivity contribution >= 4 is 37.6 Å². The average Bonchev–Trinajstić information content (AvgIpc) is 2.40. The van der Waals surface area contributed by atoms with E-state index in [9.17, 15) is 17.6 Å². The second kappa shape index (κ2) is 5.82. The van der Waals surface area contributed by atoms with Crippen LogP contribution in [0.1, 0.15) is 10.4 Å². The summed E-state index contributed by atoms with van der Waals surface area (Å²) in [6.07, 6.45) is 0. The Bertz CT molecular complexity index is 790. The molecule has 8 heteroatoms. The zero-order chi connectivity index (χ0) is 15.6. The Kier molecular flexibility index (Phi) is 4.29. The minimum atomic E-state index is -3.91. The van der Waals surface area contributed by atoms with E-state index in [4.69, 9.17) is 5.11 Å². The fourth-order valence-corrected chi connectivity index (χ4v) is 3.72. The number of anilines is 1. The normalized spacial score (nSPS) is 11.1. The minimum Gasteiger partial charge on any atom is -0.478 e. The van der Waals surface area contributed by atoms with Crippen molar-refractivity contribution in [3.05, 3.63) is 58.3 Å². The highest BCUT2D eigenvalue weighted by Crippen LogP contribution is 2.25. The molecule has 2 N–H and O–H groups in total. The zero-order valence-electron chi connectivity index (χ0n) is 10.4. The van der Waals surface area contributed by atoms with Crippen molar-refractivity contribution in [2.45, 2.75) is 4.90 Å². The van der Waals surface area contributed by atoms with Gasteiger partial charge in [-0.05, 0) is 58.4 Å². The molecule has 0 amide bonds. The van der Waals surface area contributed by atoms with Crippen LogP contribution in [0.3, 0.4) is 0 Å². The van der Waals surface area contributed by atoms with E-state index in [0.29, 0.717) is 0 Å². The molecule has 0 radical (unpaired) electrons. The van der Waals surface area contributed by atoms with E-state index in [-0.39, 0.29) is 20.6 Å². The van der Waals surface area contributed by atoms with Crippen molar-refractivity contribution in [1.29, 1.82) is 0 Å². The third kappa shape index (κ3) is 3.59. The molecule has 0 spiro atoms. The molecule has 0 saturated carbocycles. The number of benzene rings is 2. The van der Waals surface area contributed by atoms with Crippen LogP contribution >= 0.6 is 15.9 Å². The van der Waals surface area contributed by atoms with E-state index < -0.39 is 21.8 Å². The third-order valence-electron chi connectivity index (χ3n) is 2.56. The first-order valence-corrected chi connectivity index (χ1v) is 7.88. The molecule has 0 bridgehead atoms. The van der Waals surface area contributed by atoms with Gasteiger partial charge in [0, 0.05) is 10.2 Å².